The van der Waals surface area contributed by atoms with Gasteiger partial charge in [-0.3, -0.25) is 4.98 Å². The minimum atomic E-state index is 0.592. The Morgan fingerprint density at radius 1 is 0.958 bits per heavy atom. The van der Waals surface area contributed by atoms with Gasteiger partial charge in [0.2, 0.25) is 5.88 Å². The summed E-state index contributed by atoms with van der Waals surface area (Å²) in [7, 11) is 0. The van der Waals surface area contributed by atoms with E-state index in [0.717, 1.165) is 29.1 Å². The van der Waals surface area contributed by atoms with Gasteiger partial charge in [-0.2, -0.15) is 4.98 Å². The smallest absolute Gasteiger partial charge is 0.226 e. The predicted octanol–water partition coefficient (Wildman–Crippen LogP) is 4.44. The molecule has 0 atom stereocenters. The zero-order valence-corrected chi connectivity index (χ0v) is 13.9. The van der Waals surface area contributed by atoms with Crippen LogP contribution in [-0.2, 0) is 12.8 Å². The summed E-state index contributed by atoms with van der Waals surface area (Å²) >= 11 is 0. The molecule has 120 valence electrons. The van der Waals surface area contributed by atoms with Crippen LogP contribution in [0.15, 0.2) is 42.6 Å². The van der Waals surface area contributed by atoms with Gasteiger partial charge in [0.15, 0.2) is 5.82 Å². The van der Waals surface area contributed by atoms with E-state index >= 15 is 0 Å². The van der Waals surface area contributed by atoms with Gasteiger partial charge >= 0.3 is 0 Å². The number of aryl methyl sites for hydroxylation is 3. The van der Waals surface area contributed by atoms with E-state index in [2.05, 4.69) is 27.1 Å². The van der Waals surface area contributed by atoms with Crippen LogP contribution in [0.2, 0.25) is 0 Å². The lowest BCUT2D eigenvalue weighted by Gasteiger charge is -2.12. The standard InChI is InChI=1S/C20H19N3O/c1-13-14(2)22-19(18-8-3-4-11-21-18)23-20(13)24-17-10-9-15-6-5-7-16(15)12-17/h3-4,8-12H,5-7H2,1-2H3. The first-order chi connectivity index (χ1) is 11.7. The first kappa shape index (κ1) is 14.8. The number of aromatic nitrogens is 3. The first-order valence-electron chi connectivity index (χ1n) is 8.27. The molecule has 3 aromatic rings. The fourth-order valence-electron chi connectivity index (χ4n) is 3.03. The fraction of sp³-hybridized carbons (Fsp3) is 0.250. The summed E-state index contributed by atoms with van der Waals surface area (Å²) in [6.45, 7) is 3.96. The summed E-state index contributed by atoms with van der Waals surface area (Å²) in [4.78, 5) is 13.5. The van der Waals surface area contributed by atoms with E-state index in [4.69, 9.17) is 4.74 Å². The van der Waals surface area contributed by atoms with Crippen molar-refractivity contribution in [3.8, 4) is 23.1 Å². The third-order valence-corrected chi connectivity index (χ3v) is 4.52. The van der Waals surface area contributed by atoms with Crippen molar-refractivity contribution < 1.29 is 4.74 Å². The minimum absolute atomic E-state index is 0.592. The number of nitrogens with zero attached hydrogens (tertiary/aromatic N) is 3. The van der Waals surface area contributed by atoms with Crippen molar-refractivity contribution in [2.45, 2.75) is 33.1 Å². The van der Waals surface area contributed by atoms with E-state index in [-0.39, 0.29) is 0 Å². The van der Waals surface area contributed by atoms with E-state index < -0.39 is 0 Å². The molecule has 1 aliphatic carbocycles. The quantitative estimate of drug-likeness (QED) is 0.716. The molecule has 24 heavy (non-hydrogen) atoms. The molecule has 0 spiro atoms. The van der Waals surface area contributed by atoms with E-state index in [1.807, 2.05) is 38.1 Å². The fourth-order valence-corrected chi connectivity index (χ4v) is 3.03. The molecular weight excluding hydrogens is 298 g/mol. The van der Waals surface area contributed by atoms with E-state index in [0.29, 0.717) is 11.7 Å². The zero-order valence-electron chi connectivity index (χ0n) is 13.9. The average Bonchev–Trinajstić information content (AvgIpc) is 3.07. The van der Waals surface area contributed by atoms with Crippen LogP contribution in [0.5, 0.6) is 11.6 Å². The topological polar surface area (TPSA) is 47.9 Å². The number of fused-ring (bicyclic) bond motifs is 1. The molecule has 0 unspecified atom stereocenters. The van der Waals surface area contributed by atoms with Gasteiger partial charge in [-0.15, -0.1) is 0 Å². The molecule has 0 amide bonds. The molecule has 0 bridgehead atoms. The highest BCUT2D eigenvalue weighted by atomic mass is 16.5. The van der Waals surface area contributed by atoms with Gasteiger partial charge in [0.25, 0.3) is 0 Å². The van der Waals surface area contributed by atoms with Crippen LogP contribution in [0.3, 0.4) is 0 Å². The Hall–Kier alpha value is -2.75. The number of benzene rings is 1. The highest BCUT2D eigenvalue weighted by Gasteiger charge is 2.15. The molecule has 0 aliphatic heterocycles. The molecule has 1 aromatic carbocycles. The van der Waals surface area contributed by atoms with Crippen molar-refractivity contribution in [2.75, 3.05) is 0 Å². The monoisotopic (exact) mass is 317 g/mol. The number of hydrogen-bond acceptors (Lipinski definition) is 4. The van der Waals surface area contributed by atoms with Gasteiger partial charge in [-0.1, -0.05) is 12.1 Å². The highest BCUT2D eigenvalue weighted by Crippen LogP contribution is 2.30. The first-order valence-corrected chi connectivity index (χ1v) is 8.27. The molecule has 1 aliphatic rings. The van der Waals surface area contributed by atoms with Crippen molar-refractivity contribution in [2.24, 2.45) is 0 Å². The number of rotatable bonds is 3. The number of ether oxygens (including phenoxy) is 1. The van der Waals surface area contributed by atoms with Crippen LogP contribution >= 0.6 is 0 Å². The molecule has 2 heterocycles. The number of hydrogen-bond donors (Lipinski definition) is 0. The molecule has 0 N–H and O–H groups in total. The minimum Gasteiger partial charge on any atom is -0.439 e. The van der Waals surface area contributed by atoms with Gasteiger partial charge in [0.1, 0.15) is 11.4 Å². The maximum absolute atomic E-state index is 6.10. The van der Waals surface area contributed by atoms with Crippen LogP contribution in [0, 0.1) is 13.8 Å². The maximum atomic E-state index is 6.10. The Balaban J connectivity index is 1.71. The van der Waals surface area contributed by atoms with Crippen LogP contribution in [0.1, 0.15) is 28.8 Å². The van der Waals surface area contributed by atoms with Gasteiger partial charge < -0.3 is 4.74 Å². The summed E-state index contributed by atoms with van der Waals surface area (Å²) in [5, 5.41) is 0. The van der Waals surface area contributed by atoms with Crippen molar-refractivity contribution in [3.05, 3.63) is 65.0 Å². The Kier molecular flexibility index (Phi) is 3.73. The predicted molar refractivity (Wildman–Crippen MR) is 93.3 cm³/mol. The summed E-state index contributed by atoms with van der Waals surface area (Å²) in [5.41, 5.74) is 5.43. The maximum Gasteiger partial charge on any atom is 0.226 e. The van der Waals surface area contributed by atoms with Crippen LogP contribution < -0.4 is 4.74 Å². The van der Waals surface area contributed by atoms with Gasteiger partial charge in [0, 0.05) is 17.5 Å². The van der Waals surface area contributed by atoms with Crippen LogP contribution in [0.4, 0.5) is 0 Å². The third kappa shape index (κ3) is 2.75. The lowest BCUT2D eigenvalue weighted by Crippen LogP contribution is -2.01. The zero-order chi connectivity index (χ0) is 16.5. The summed E-state index contributed by atoms with van der Waals surface area (Å²) in [6.07, 6.45) is 5.28. The van der Waals surface area contributed by atoms with Crippen molar-refractivity contribution in [1.82, 2.24) is 15.0 Å². The molecule has 0 radical (unpaired) electrons. The Morgan fingerprint density at radius 2 is 1.83 bits per heavy atom. The van der Waals surface area contributed by atoms with Crippen molar-refractivity contribution in [1.29, 1.82) is 0 Å². The highest BCUT2D eigenvalue weighted by molar-refractivity contribution is 5.51. The Bertz CT molecular complexity index is 891. The van der Waals surface area contributed by atoms with Crippen LogP contribution in [-0.4, -0.2) is 15.0 Å². The largest absolute Gasteiger partial charge is 0.439 e. The lowest BCUT2D eigenvalue weighted by atomic mass is 10.1. The normalized spacial score (nSPS) is 12.9. The van der Waals surface area contributed by atoms with Gasteiger partial charge in [-0.25, -0.2) is 4.98 Å². The van der Waals surface area contributed by atoms with Crippen molar-refractivity contribution >= 4 is 0 Å². The van der Waals surface area contributed by atoms with Gasteiger partial charge in [0.05, 0.1) is 0 Å². The molecule has 0 saturated carbocycles. The summed E-state index contributed by atoms with van der Waals surface area (Å²) in [5.74, 6) is 2.03. The summed E-state index contributed by atoms with van der Waals surface area (Å²) < 4.78 is 6.10. The second kappa shape index (κ2) is 6.04. The lowest BCUT2D eigenvalue weighted by molar-refractivity contribution is 0.456. The van der Waals surface area contributed by atoms with Crippen LogP contribution in [0.25, 0.3) is 11.5 Å². The molecule has 4 heteroatoms. The number of pyridine rings is 1. The Labute approximate surface area is 141 Å². The SMILES string of the molecule is Cc1nc(-c2ccccn2)nc(Oc2ccc3c(c2)CCC3)c1C. The van der Waals surface area contributed by atoms with E-state index in [1.165, 1.54) is 24.0 Å². The van der Waals surface area contributed by atoms with Crippen molar-refractivity contribution in [3.63, 3.8) is 0 Å². The van der Waals surface area contributed by atoms with E-state index in [9.17, 15) is 0 Å². The molecule has 0 fully saturated rings. The third-order valence-electron chi connectivity index (χ3n) is 4.52. The van der Waals surface area contributed by atoms with Gasteiger partial charge in [-0.05, 0) is 68.5 Å². The molecule has 2 aromatic heterocycles. The molecular formula is C20H19N3O. The van der Waals surface area contributed by atoms with E-state index in [1.54, 1.807) is 6.20 Å². The average molecular weight is 317 g/mol. The molecule has 4 nitrogen and oxygen atoms in total. The summed E-state index contributed by atoms with van der Waals surface area (Å²) in [6, 6.07) is 12.1. The molecule has 4 rings (SSSR count). The second-order valence-electron chi connectivity index (χ2n) is 6.16. The second-order valence-corrected chi connectivity index (χ2v) is 6.16. The molecule has 0 saturated heterocycles. The Morgan fingerprint density at radius 3 is 2.67 bits per heavy atom.